The number of alkyl halides is 1. The number of H-pyrrole nitrogens is 1. The number of nitrogens with one attached hydrogen (secondary N) is 4. The number of anilines is 2. The van der Waals surface area contributed by atoms with Crippen LogP contribution in [0.2, 0.25) is 0 Å². The fraction of sp³-hybridized carbons (Fsp3) is 0.458. The smallest absolute Gasteiger partial charge is 0.301 e. The zero-order valence-corrected chi connectivity index (χ0v) is 48.4. The molecule has 10 rings (SSSR count). The summed E-state index contributed by atoms with van der Waals surface area (Å²) in [6.07, 6.45) is 2.75. The first-order chi connectivity index (χ1) is 39.6. The van der Waals surface area contributed by atoms with Gasteiger partial charge in [-0.05, 0) is 84.5 Å². The molecule has 24 heteroatoms. The van der Waals surface area contributed by atoms with Gasteiger partial charge in [-0.3, -0.25) is 28.8 Å². The van der Waals surface area contributed by atoms with Crippen molar-refractivity contribution in [2.45, 2.75) is 90.4 Å². The van der Waals surface area contributed by atoms with Gasteiger partial charge < -0.3 is 40.5 Å². The molecular weight excluding hydrogens is 1110 g/mol. The second-order valence-electron chi connectivity index (χ2n) is 23.2. The van der Waals surface area contributed by atoms with Gasteiger partial charge in [0, 0.05) is 106 Å². The lowest BCUT2D eigenvalue weighted by Crippen LogP contribution is -2.59. The molecule has 3 aromatic carbocycles. The van der Waals surface area contributed by atoms with E-state index < -0.39 is 93.1 Å². The number of rotatable bonds is 18. The molecule has 0 unspecified atom stereocenters. The number of aromatic amines is 1. The number of benzene rings is 3. The average Bonchev–Trinajstić information content (AvgIpc) is 3.42. The number of aromatic nitrogens is 3. The molecule has 7 heterocycles. The summed E-state index contributed by atoms with van der Waals surface area (Å²) in [7, 11) is -4.38. The number of amides is 3. The Kier molecular flexibility index (Phi) is 17.7. The number of β-amino-alcohol motifs (C(OH)–C–C–N with tert-alkyl or cyclic N) is 1. The summed E-state index contributed by atoms with van der Waals surface area (Å²) in [5.74, 6) is -4.19. The number of piperazine rings is 1. The monoisotopic (exact) mass is 1180 g/mol. The number of carbonyl (C=O) groups is 4. The predicted molar refractivity (Wildman–Crippen MR) is 310 cm³/mol. The van der Waals surface area contributed by atoms with Gasteiger partial charge in [-0.2, -0.15) is 12.7 Å². The number of pyridine rings is 1. The van der Waals surface area contributed by atoms with E-state index >= 15 is 8.78 Å². The Labute approximate surface area is 484 Å². The largest absolute Gasteiger partial charge is 0.391 e. The van der Waals surface area contributed by atoms with Gasteiger partial charge in [0.25, 0.3) is 0 Å². The summed E-state index contributed by atoms with van der Waals surface area (Å²) in [4.78, 5) is 76.4. The first-order valence-corrected chi connectivity index (χ1v) is 30.4. The van der Waals surface area contributed by atoms with Crippen molar-refractivity contribution in [3.63, 3.8) is 0 Å². The second-order valence-corrected chi connectivity index (χ2v) is 25.8. The predicted octanol–water partition coefficient (Wildman–Crippen LogP) is 6.26. The maximum absolute atomic E-state index is 15.8. The Bertz CT molecular complexity index is 3450. The van der Waals surface area contributed by atoms with Gasteiger partial charge >= 0.3 is 10.2 Å². The molecule has 19 nitrogen and oxygen atoms in total. The minimum absolute atomic E-state index is 0.00719. The third-order valence-corrected chi connectivity index (χ3v) is 18.8. The summed E-state index contributed by atoms with van der Waals surface area (Å²) >= 11 is 1.44. The number of aliphatic hydroxyl groups is 2. The van der Waals surface area contributed by atoms with Crippen LogP contribution in [0.4, 0.5) is 24.5 Å². The zero-order chi connectivity index (χ0) is 58.9. The third kappa shape index (κ3) is 13.3. The molecule has 4 aliphatic rings. The van der Waals surface area contributed by atoms with Crippen LogP contribution in [0.3, 0.4) is 0 Å². The Morgan fingerprint density at radius 1 is 0.855 bits per heavy atom. The molecule has 3 amide bonds. The molecule has 3 aromatic heterocycles. The lowest BCUT2D eigenvalue weighted by molar-refractivity contribution is -0.144. The minimum Gasteiger partial charge on any atom is -0.391 e. The maximum Gasteiger partial charge on any atom is 0.301 e. The number of halogens is 3. The number of carbonyl (C=O) groups excluding carboxylic acids is 4. The van der Waals surface area contributed by atoms with Crippen molar-refractivity contribution in [2.24, 2.45) is 11.3 Å². The Hall–Kier alpha value is -6.80. The van der Waals surface area contributed by atoms with E-state index in [-0.39, 0.29) is 50.6 Å². The van der Waals surface area contributed by atoms with E-state index in [0.717, 1.165) is 89.3 Å². The van der Waals surface area contributed by atoms with E-state index in [1.165, 1.54) is 22.4 Å². The minimum atomic E-state index is -4.38. The van der Waals surface area contributed by atoms with Gasteiger partial charge in [0.2, 0.25) is 23.5 Å². The Morgan fingerprint density at radius 2 is 1.55 bits per heavy atom. The number of hydrogen-bond acceptors (Lipinski definition) is 14. The second kappa shape index (κ2) is 24.8. The SMILES string of the molecule is C[C@H](NC(=O)[C@@H]1C[C@@H](O)CN1C(=O)[C@@H](NC(=O)CN1CCN(CC2CCN(c3ccc(-c4cnc5[nH]cc(C(=O)c6c(F)ccc(NS(=O)(=O)N7CC[C@@H](F)C7)c6F)c5c4)cc3)CC2)CC1)C(C)(C)C)c1ccc(-c2scnc2CO)cc1. The number of hydrogen-bond donors (Lipinski definition) is 6. The molecule has 0 saturated carbocycles. The van der Waals surface area contributed by atoms with Gasteiger partial charge in [-0.15, -0.1) is 11.3 Å². The van der Waals surface area contributed by atoms with Crippen molar-refractivity contribution >= 4 is 67.5 Å². The first-order valence-electron chi connectivity index (χ1n) is 28.1. The van der Waals surface area contributed by atoms with Crippen molar-refractivity contribution in [2.75, 3.05) is 81.6 Å². The molecule has 0 aliphatic carbocycles. The van der Waals surface area contributed by atoms with E-state index in [1.807, 2.05) is 80.9 Å². The van der Waals surface area contributed by atoms with Gasteiger partial charge in [0.1, 0.15) is 29.7 Å². The summed E-state index contributed by atoms with van der Waals surface area (Å²) < 4.78 is 73.4. The molecule has 0 bridgehead atoms. The normalized spacial score (nSPS) is 20.4. The lowest BCUT2D eigenvalue weighted by atomic mass is 9.85. The number of aliphatic hydroxyl groups excluding tert-OH is 2. The van der Waals surface area contributed by atoms with E-state index in [9.17, 15) is 42.2 Å². The number of piperidine rings is 1. The highest BCUT2D eigenvalue weighted by atomic mass is 32.2. The van der Waals surface area contributed by atoms with E-state index in [2.05, 4.69) is 40.3 Å². The fourth-order valence-corrected chi connectivity index (χ4v) is 13.7. The van der Waals surface area contributed by atoms with Crippen molar-refractivity contribution in [1.29, 1.82) is 0 Å². The highest BCUT2D eigenvalue weighted by Crippen LogP contribution is 2.34. The van der Waals surface area contributed by atoms with E-state index in [0.29, 0.717) is 41.3 Å². The number of likely N-dealkylation sites (tertiary alicyclic amines) is 1. The summed E-state index contributed by atoms with van der Waals surface area (Å²) in [5.41, 5.74) is 4.52. The van der Waals surface area contributed by atoms with Crippen LogP contribution in [0.5, 0.6) is 0 Å². The van der Waals surface area contributed by atoms with Crippen LogP contribution in [-0.2, 0) is 31.2 Å². The topological polar surface area (TPSA) is 237 Å². The number of fused-ring (bicyclic) bond motifs is 1. The Balaban J connectivity index is 0.681. The fourth-order valence-electron chi connectivity index (χ4n) is 11.6. The van der Waals surface area contributed by atoms with Crippen molar-refractivity contribution in [1.82, 2.24) is 44.6 Å². The molecular formula is C59H70F3N11O8S2. The van der Waals surface area contributed by atoms with Crippen molar-refractivity contribution in [3.8, 4) is 21.6 Å². The summed E-state index contributed by atoms with van der Waals surface area (Å²) in [6, 6.07) is 16.7. The van der Waals surface area contributed by atoms with Gasteiger partial charge in [-0.1, -0.05) is 57.2 Å². The van der Waals surface area contributed by atoms with Crippen LogP contribution in [0.1, 0.15) is 86.6 Å². The van der Waals surface area contributed by atoms with Crippen LogP contribution in [-0.4, -0.2) is 172 Å². The molecule has 83 heavy (non-hydrogen) atoms. The highest BCUT2D eigenvalue weighted by Gasteiger charge is 2.45. The van der Waals surface area contributed by atoms with E-state index in [4.69, 9.17) is 0 Å². The van der Waals surface area contributed by atoms with Crippen LogP contribution < -0.4 is 20.3 Å². The van der Waals surface area contributed by atoms with Crippen molar-refractivity contribution < 1.29 is 51.0 Å². The van der Waals surface area contributed by atoms with Gasteiger partial charge in [0.15, 0.2) is 5.82 Å². The van der Waals surface area contributed by atoms with Crippen LogP contribution in [0, 0.1) is 23.0 Å². The molecule has 6 N–H and O–H groups in total. The first kappa shape index (κ1) is 59.4. The number of nitrogens with zero attached hydrogens (tertiary/aromatic N) is 7. The zero-order valence-electron chi connectivity index (χ0n) is 46.8. The molecule has 5 atom stereocenters. The summed E-state index contributed by atoms with van der Waals surface area (Å²) in [5, 5.41) is 26.8. The number of thiazole rings is 1. The highest BCUT2D eigenvalue weighted by molar-refractivity contribution is 7.90. The molecule has 6 aromatic rings. The quantitative estimate of drug-likeness (QED) is 0.0522. The van der Waals surface area contributed by atoms with Crippen LogP contribution >= 0.6 is 11.3 Å². The lowest BCUT2D eigenvalue weighted by Gasteiger charge is -2.39. The van der Waals surface area contributed by atoms with Crippen LogP contribution in [0.15, 0.2) is 84.6 Å². The molecule has 4 fully saturated rings. The van der Waals surface area contributed by atoms with Gasteiger partial charge in [0.05, 0.1) is 52.6 Å². The average molecular weight is 1180 g/mol. The molecule has 442 valence electrons. The molecule has 0 spiro atoms. The molecule has 4 aliphatic heterocycles. The Morgan fingerprint density at radius 3 is 2.23 bits per heavy atom. The van der Waals surface area contributed by atoms with E-state index in [1.54, 1.807) is 17.8 Å². The molecule has 0 radical (unpaired) electrons. The third-order valence-electron chi connectivity index (χ3n) is 16.4. The maximum atomic E-state index is 15.8. The standard InChI is InChI=1S/C59H70F3N11O8S2/c1-35(37-5-7-39(8-6-37)54-48(33-74)65-34-82-54)66-57(78)49-26-43(75)31-73(49)58(79)55(59(2,3)4)67-50(76)32-70-23-21-69(22-24-70)29-36-15-18-71(19-16-36)42-11-9-38(10-12-42)40-25-44-45(28-64-56(44)63-27-40)53(77)51-46(61)13-14-47(52(51)62)68-83(80,81)72-20-17-41(60)30-72/h5-14,25,27-28,34-36,41,43,49,55,68,74-75H,15-24,26,29-33H2,1-4H3,(H,63,64)(H,66,78)(H,67,76)/t35-,41+,43+,49-,55+/m0/s1. The molecule has 4 saturated heterocycles. The van der Waals surface area contributed by atoms with Crippen LogP contribution in [0.25, 0.3) is 32.6 Å². The van der Waals surface area contributed by atoms with Gasteiger partial charge in [-0.25, -0.2) is 23.1 Å². The summed E-state index contributed by atoms with van der Waals surface area (Å²) in [6.45, 7) is 12.5. The van der Waals surface area contributed by atoms with Crippen molar-refractivity contribution in [3.05, 3.63) is 119 Å². The number of ketones is 1.